The van der Waals surface area contributed by atoms with Gasteiger partial charge in [0, 0.05) is 17.5 Å². The summed E-state index contributed by atoms with van der Waals surface area (Å²) in [4.78, 5) is 10.7. The molecule has 0 fully saturated rings. The van der Waals surface area contributed by atoms with Crippen LogP contribution < -0.4 is 5.32 Å². The molecule has 0 aliphatic rings. The third kappa shape index (κ3) is 4.11. The van der Waals surface area contributed by atoms with E-state index in [1.807, 2.05) is 6.20 Å². The molecule has 0 aliphatic carbocycles. The minimum atomic E-state index is 0.246. The number of nitrogens with one attached hydrogen (secondary N) is 1. The molecule has 0 saturated heterocycles. The normalized spacial score (nSPS) is 12.6. The van der Waals surface area contributed by atoms with Gasteiger partial charge >= 0.3 is 0 Å². The fourth-order valence-corrected chi connectivity index (χ4v) is 3.46. The molecule has 0 radical (unpaired) electrons. The van der Waals surface area contributed by atoms with Crippen molar-refractivity contribution >= 4 is 11.3 Å². The highest BCUT2D eigenvalue weighted by molar-refractivity contribution is 7.11. The van der Waals surface area contributed by atoms with Crippen molar-refractivity contribution in [2.75, 3.05) is 6.54 Å². The topological polar surface area (TPSA) is 37.8 Å². The summed E-state index contributed by atoms with van der Waals surface area (Å²) in [5.41, 5.74) is 4.78. The van der Waals surface area contributed by atoms with Gasteiger partial charge in [-0.05, 0) is 51.8 Å². The van der Waals surface area contributed by atoms with Crippen LogP contribution in [0, 0.1) is 27.7 Å². The highest BCUT2D eigenvalue weighted by atomic mass is 32.1. The standard InChI is InChI=1S/C17H25N3S/c1-6-7-18-15(9-16-20-13(4)14(5)21-16)17-12(3)8-11(2)10-19-17/h8,10,15,18H,6-7,9H2,1-5H3. The predicted molar refractivity (Wildman–Crippen MR) is 90.0 cm³/mol. The van der Waals surface area contributed by atoms with E-state index in [1.54, 1.807) is 11.3 Å². The van der Waals surface area contributed by atoms with Gasteiger partial charge in [-0.1, -0.05) is 13.0 Å². The molecule has 1 unspecified atom stereocenters. The first-order valence-corrected chi connectivity index (χ1v) is 8.42. The van der Waals surface area contributed by atoms with Crippen LogP contribution in [-0.4, -0.2) is 16.5 Å². The van der Waals surface area contributed by atoms with E-state index in [-0.39, 0.29) is 6.04 Å². The van der Waals surface area contributed by atoms with E-state index in [2.05, 4.69) is 56.0 Å². The van der Waals surface area contributed by atoms with Crippen LogP contribution in [-0.2, 0) is 6.42 Å². The Balaban J connectivity index is 2.24. The molecule has 0 aliphatic heterocycles. The van der Waals surface area contributed by atoms with E-state index in [1.165, 1.54) is 21.0 Å². The van der Waals surface area contributed by atoms with Crippen molar-refractivity contribution in [3.63, 3.8) is 0 Å². The first-order valence-electron chi connectivity index (χ1n) is 7.60. The molecule has 114 valence electrons. The minimum absolute atomic E-state index is 0.246. The SMILES string of the molecule is CCCNC(Cc1nc(C)c(C)s1)c1ncc(C)cc1C. The number of nitrogens with zero attached hydrogens (tertiary/aromatic N) is 2. The minimum Gasteiger partial charge on any atom is -0.308 e. The van der Waals surface area contributed by atoms with Gasteiger partial charge in [-0.15, -0.1) is 11.3 Å². The lowest BCUT2D eigenvalue weighted by Crippen LogP contribution is -2.25. The molecule has 1 N–H and O–H groups in total. The van der Waals surface area contributed by atoms with E-state index in [0.717, 1.165) is 30.8 Å². The zero-order valence-electron chi connectivity index (χ0n) is 13.7. The third-order valence-electron chi connectivity index (χ3n) is 3.68. The fraction of sp³-hybridized carbons (Fsp3) is 0.529. The number of rotatable bonds is 6. The lowest BCUT2D eigenvalue weighted by molar-refractivity contribution is 0.514. The molecule has 0 bridgehead atoms. The highest BCUT2D eigenvalue weighted by Gasteiger charge is 2.17. The molecule has 1 atom stereocenters. The van der Waals surface area contributed by atoms with Gasteiger partial charge in [0.1, 0.15) is 0 Å². The number of hydrogen-bond donors (Lipinski definition) is 1. The molecule has 21 heavy (non-hydrogen) atoms. The zero-order chi connectivity index (χ0) is 15.4. The van der Waals surface area contributed by atoms with E-state index in [4.69, 9.17) is 0 Å². The third-order valence-corrected chi connectivity index (χ3v) is 4.77. The van der Waals surface area contributed by atoms with Crippen molar-refractivity contribution in [1.82, 2.24) is 15.3 Å². The molecule has 4 heteroatoms. The molecule has 3 nitrogen and oxygen atoms in total. The van der Waals surface area contributed by atoms with Crippen molar-refractivity contribution in [1.29, 1.82) is 0 Å². The fourth-order valence-electron chi connectivity index (χ4n) is 2.48. The number of thiazole rings is 1. The molecule has 0 spiro atoms. The molecule has 2 aromatic heterocycles. The first kappa shape index (κ1) is 16.1. The van der Waals surface area contributed by atoms with Crippen LogP contribution in [0.5, 0.6) is 0 Å². The summed E-state index contributed by atoms with van der Waals surface area (Å²) in [7, 11) is 0. The van der Waals surface area contributed by atoms with Crippen LogP contribution in [0.15, 0.2) is 12.3 Å². The molecular formula is C17H25N3S. The summed E-state index contributed by atoms with van der Waals surface area (Å²) in [6, 6.07) is 2.46. The van der Waals surface area contributed by atoms with Crippen LogP contribution in [0.1, 0.15) is 51.8 Å². The summed E-state index contributed by atoms with van der Waals surface area (Å²) in [5, 5.41) is 4.82. The van der Waals surface area contributed by atoms with Gasteiger partial charge in [0.2, 0.25) is 0 Å². The second-order valence-corrected chi connectivity index (χ2v) is 6.96. The number of aromatic nitrogens is 2. The molecule has 2 aromatic rings. The molecule has 0 saturated carbocycles. The maximum atomic E-state index is 4.68. The monoisotopic (exact) mass is 303 g/mol. The van der Waals surface area contributed by atoms with Crippen molar-refractivity contribution in [2.24, 2.45) is 0 Å². The molecule has 2 rings (SSSR count). The average Bonchev–Trinajstić information content (AvgIpc) is 2.74. The van der Waals surface area contributed by atoms with Crippen LogP contribution in [0.4, 0.5) is 0 Å². The lowest BCUT2D eigenvalue weighted by atomic mass is 10.0. The Morgan fingerprint density at radius 2 is 2.00 bits per heavy atom. The van der Waals surface area contributed by atoms with E-state index < -0.39 is 0 Å². The zero-order valence-corrected chi connectivity index (χ0v) is 14.5. The lowest BCUT2D eigenvalue weighted by Gasteiger charge is -2.19. The van der Waals surface area contributed by atoms with Gasteiger partial charge in [-0.25, -0.2) is 4.98 Å². The van der Waals surface area contributed by atoms with Crippen molar-refractivity contribution < 1.29 is 0 Å². The van der Waals surface area contributed by atoms with Crippen LogP contribution in [0.2, 0.25) is 0 Å². The maximum Gasteiger partial charge on any atom is 0.0950 e. The quantitative estimate of drug-likeness (QED) is 0.874. The number of aryl methyl sites for hydroxylation is 4. The van der Waals surface area contributed by atoms with Crippen LogP contribution in [0.3, 0.4) is 0 Å². The predicted octanol–water partition coefficient (Wildman–Crippen LogP) is 4.06. The first-order chi connectivity index (χ1) is 10.0. The Labute approximate surface area is 131 Å². The Hall–Kier alpha value is -1.26. The average molecular weight is 303 g/mol. The Bertz CT molecular complexity index is 585. The Morgan fingerprint density at radius 1 is 1.24 bits per heavy atom. The highest BCUT2D eigenvalue weighted by Crippen LogP contribution is 2.24. The van der Waals surface area contributed by atoms with Gasteiger partial charge < -0.3 is 5.32 Å². The number of pyridine rings is 1. The van der Waals surface area contributed by atoms with E-state index in [9.17, 15) is 0 Å². The van der Waals surface area contributed by atoms with E-state index >= 15 is 0 Å². The molecule has 0 amide bonds. The van der Waals surface area contributed by atoms with Gasteiger partial charge in [0.25, 0.3) is 0 Å². The smallest absolute Gasteiger partial charge is 0.0950 e. The summed E-state index contributed by atoms with van der Waals surface area (Å²) in [5.74, 6) is 0. The maximum absolute atomic E-state index is 4.68. The second-order valence-electron chi connectivity index (χ2n) is 5.67. The molecule has 0 aromatic carbocycles. The summed E-state index contributed by atoms with van der Waals surface area (Å²) >= 11 is 1.80. The number of hydrogen-bond acceptors (Lipinski definition) is 4. The molecule has 2 heterocycles. The van der Waals surface area contributed by atoms with Crippen molar-refractivity contribution in [2.45, 2.75) is 53.5 Å². The summed E-state index contributed by atoms with van der Waals surface area (Å²) in [6.45, 7) is 11.7. The van der Waals surface area contributed by atoms with Crippen molar-refractivity contribution in [3.8, 4) is 0 Å². The van der Waals surface area contributed by atoms with Gasteiger partial charge in [-0.3, -0.25) is 4.98 Å². The molecular weight excluding hydrogens is 278 g/mol. The van der Waals surface area contributed by atoms with Crippen LogP contribution >= 0.6 is 11.3 Å². The summed E-state index contributed by atoms with van der Waals surface area (Å²) in [6.07, 6.45) is 3.99. The largest absolute Gasteiger partial charge is 0.308 e. The van der Waals surface area contributed by atoms with Gasteiger partial charge in [0.05, 0.1) is 22.4 Å². The Kier molecular flexibility index (Phi) is 5.48. The Morgan fingerprint density at radius 3 is 2.57 bits per heavy atom. The van der Waals surface area contributed by atoms with Crippen molar-refractivity contribution in [3.05, 3.63) is 44.7 Å². The second kappa shape index (κ2) is 7.14. The van der Waals surface area contributed by atoms with E-state index in [0.29, 0.717) is 0 Å². The summed E-state index contributed by atoms with van der Waals surface area (Å²) < 4.78 is 0. The van der Waals surface area contributed by atoms with Gasteiger partial charge in [0.15, 0.2) is 0 Å². The van der Waals surface area contributed by atoms with Crippen LogP contribution in [0.25, 0.3) is 0 Å². The van der Waals surface area contributed by atoms with Gasteiger partial charge in [-0.2, -0.15) is 0 Å².